The fourth-order valence-corrected chi connectivity index (χ4v) is 0.895. The smallest absolute Gasteiger partial charge is 0.119 e. The van der Waals surface area contributed by atoms with E-state index in [9.17, 15) is 5.11 Å². The molecule has 0 amide bonds. The van der Waals surface area contributed by atoms with Gasteiger partial charge in [0.15, 0.2) is 0 Å². The molecule has 0 aromatic heterocycles. The summed E-state index contributed by atoms with van der Waals surface area (Å²) < 4.78 is 0. The first-order valence-corrected chi connectivity index (χ1v) is 3.89. The van der Waals surface area contributed by atoms with Crippen molar-refractivity contribution in [3.05, 3.63) is 0 Å². The highest BCUT2D eigenvalue weighted by Crippen LogP contribution is 2.37. The van der Waals surface area contributed by atoms with Crippen LogP contribution in [0, 0.1) is 23.7 Å². The lowest BCUT2D eigenvalue weighted by molar-refractivity contribution is 0.143. The molecule has 0 aliphatic heterocycles. The van der Waals surface area contributed by atoms with Crippen LogP contribution in [0.25, 0.3) is 0 Å². The van der Waals surface area contributed by atoms with Crippen molar-refractivity contribution in [2.45, 2.75) is 25.9 Å². The van der Waals surface area contributed by atoms with E-state index in [-0.39, 0.29) is 6.61 Å². The first-order chi connectivity index (χ1) is 5.03. The Balaban J connectivity index is 2.36. The van der Waals surface area contributed by atoms with E-state index < -0.39 is 5.60 Å². The number of aliphatic hydroxyl groups is 2. The quantitative estimate of drug-likeness (QED) is 0.536. The van der Waals surface area contributed by atoms with Crippen LogP contribution in [0.5, 0.6) is 0 Å². The molecule has 62 valence electrons. The summed E-state index contributed by atoms with van der Waals surface area (Å²) in [4.78, 5) is 0. The number of hydrogen-bond acceptors (Lipinski definition) is 2. The Morgan fingerprint density at radius 3 is 2.55 bits per heavy atom. The molecule has 0 unspecified atom stereocenters. The molecule has 11 heavy (non-hydrogen) atoms. The molecule has 0 saturated heterocycles. The van der Waals surface area contributed by atoms with Crippen LogP contribution in [0.2, 0.25) is 0 Å². The van der Waals surface area contributed by atoms with Crippen molar-refractivity contribution >= 4 is 0 Å². The van der Waals surface area contributed by atoms with E-state index in [0.717, 1.165) is 6.42 Å². The van der Waals surface area contributed by atoms with Crippen molar-refractivity contribution in [3.63, 3.8) is 0 Å². The molecule has 0 bridgehead atoms. The summed E-state index contributed by atoms with van der Waals surface area (Å²) in [5.74, 6) is 6.37. The summed E-state index contributed by atoms with van der Waals surface area (Å²) in [6, 6.07) is 0. The van der Waals surface area contributed by atoms with E-state index >= 15 is 0 Å². The molecule has 0 heterocycles. The van der Waals surface area contributed by atoms with Crippen LogP contribution < -0.4 is 0 Å². The molecule has 1 rings (SSSR count). The average molecular weight is 154 g/mol. The maximum Gasteiger partial charge on any atom is 0.119 e. The molecule has 0 radical (unpaired) electrons. The van der Waals surface area contributed by atoms with Crippen molar-refractivity contribution in [2.24, 2.45) is 11.8 Å². The Morgan fingerprint density at radius 2 is 2.18 bits per heavy atom. The standard InChI is InChI=1S/C9H14O2/c1-9(2,11)4-3-7-5-8(7)6-10/h7-8,10-11H,5-6H2,1-2H3/t7-,8-/m1/s1. The van der Waals surface area contributed by atoms with Crippen LogP contribution in [0.15, 0.2) is 0 Å². The van der Waals surface area contributed by atoms with E-state index in [2.05, 4.69) is 11.8 Å². The average Bonchev–Trinajstić information content (AvgIpc) is 2.60. The van der Waals surface area contributed by atoms with Gasteiger partial charge in [-0.15, -0.1) is 0 Å². The van der Waals surface area contributed by atoms with Crippen molar-refractivity contribution in [2.75, 3.05) is 6.61 Å². The molecule has 1 aliphatic rings. The molecule has 2 N–H and O–H groups in total. The lowest BCUT2D eigenvalue weighted by atomic mass is 10.1. The highest BCUT2D eigenvalue weighted by molar-refractivity contribution is 5.18. The second-order valence-corrected chi connectivity index (χ2v) is 3.61. The second kappa shape index (κ2) is 2.84. The fourth-order valence-electron chi connectivity index (χ4n) is 0.895. The van der Waals surface area contributed by atoms with Gasteiger partial charge in [0, 0.05) is 12.5 Å². The molecule has 1 saturated carbocycles. The third-order valence-corrected chi connectivity index (χ3v) is 1.72. The van der Waals surface area contributed by atoms with Gasteiger partial charge in [-0.05, 0) is 26.2 Å². The monoisotopic (exact) mass is 154 g/mol. The zero-order valence-corrected chi connectivity index (χ0v) is 6.96. The molecular formula is C9H14O2. The summed E-state index contributed by atoms with van der Waals surface area (Å²) in [6.45, 7) is 3.55. The molecular weight excluding hydrogens is 140 g/mol. The van der Waals surface area contributed by atoms with E-state index in [4.69, 9.17) is 5.11 Å². The Hall–Kier alpha value is -0.520. The van der Waals surface area contributed by atoms with Gasteiger partial charge in [-0.25, -0.2) is 0 Å². The molecule has 2 nitrogen and oxygen atoms in total. The van der Waals surface area contributed by atoms with Crippen LogP contribution in [0.4, 0.5) is 0 Å². The lowest BCUT2D eigenvalue weighted by Crippen LogP contribution is -2.14. The number of rotatable bonds is 1. The van der Waals surface area contributed by atoms with E-state index in [1.165, 1.54) is 0 Å². The first-order valence-electron chi connectivity index (χ1n) is 3.89. The summed E-state index contributed by atoms with van der Waals surface area (Å²) in [5, 5.41) is 17.9. The molecule has 2 heteroatoms. The summed E-state index contributed by atoms with van der Waals surface area (Å²) in [6.07, 6.45) is 0.986. The Morgan fingerprint density at radius 1 is 1.55 bits per heavy atom. The zero-order valence-electron chi connectivity index (χ0n) is 6.96. The van der Waals surface area contributed by atoms with E-state index in [0.29, 0.717) is 11.8 Å². The summed E-state index contributed by atoms with van der Waals surface area (Å²) >= 11 is 0. The van der Waals surface area contributed by atoms with Gasteiger partial charge in [-0.1, -0.05) is 11.8 Å². The topological polar surface area (TPSA) is 40.5 Å². The van der Waals surface area contributed by atoms with Gasteiger partial charge < -0.3 is 10.2 Å². The van der Waals surface area contributed by atoms with Crippen LogP contribution in [-0.2, 0) is 0 Å². The van der Waals surface area contributed by atoms with Gasteiger partial charge in [0.1, 0.15) is 5.60 Å². The molecule has 0 aromatic carbocycles. The Kier molecular flexibility index (Phi) is 2.22. The number of hydrogen-bond donors (Lipinski definition) is 2. The zero-order chi connectivity index (χ0) is 8.48. The van der Waals surface area contributed by atoms with Gasteiger partial charge in [0.25, 0.3) is 0 Å². The molecule has 2 atom stereocenters. The van der Waals surface area contributed by atoms with Crippen LogP contribution in [0.3, 0.4) is 0 Å². The first kappa shape index (κ1) is 8.58. The van der Waals surface area contributed by atoms with Crippen molar-refractivity contribution < 1.29 is 10.2 Å². The predicted molar refractivity (Wildman–Crippen MR) is 42.8 cm³/mol. The molecule has 0 spiro atoms. The minimum Gasteiger partial charge on any atom is -0.396 e. The van der Waals surface area contributed by atoms with Gasteiger partial charge >= 0.3 is 0 Å². The van der Waals surface area contributed by atoms with Gasteiger partial charge in [0.2, 0.25) is 0 Å². The van der Waals surface area contributed by atoms with Crippen molar-refractivity contribution in [1.82, 2.24) is 0 Å². The third kappa shape index (κ3) is 2.92. The highest BCUT2D eigenvalue weighted by atomic mass is 16.3. The van der Waals surface area contributed by atoms with Crippen molar-refractivity contribution in [1.29, 1.82) is 0 Å². The van der Waals surface area contributed by atoms with Gasteiger partial charge in [0.05, 0.1) is 0 Å². The lowest BCUT2D eigenvalue weighted by Gasteiger charge is -2.05. The summed E-state index contributed by atoms with van der Waals surface area (Å²) in [7, 11) is 0. The van der Waals surface area contributed by atoms with Crippen LogP contribution in [0.1, 0.15) is 20.3 Å². The minimum atomic E-state index is -0.886. The van der Waals surface area contributed by atoms with Gasteiger partial charge in [-0.2, -0.15) is 0 Å². The normalized spacial score (nSPS) is 29.1. The molecule has 1 aliphatic carbocycles. The van der Waals surface area contributed by atoms with Crippen LogP contribution in [-0.4, -0.2) is 22.4 Å². The second-order valence-electron chi connectivity index (χ2n) is 3.61. The highest BCUT2D eigenvalue weighted by Gasteiger charge is 2.34. The summed E-state index contributed by atoms with van der Waals surface area (Å²) in [5.41, 5.74) is -0.886. The SMILES string of the molecule is CC(C)(O)C#C[C@@H]1C[C@@H]1CO. The molecule has 1 fully saturated rings. The Bertz CT molecular complexity index is 192. The van der Waals surface area contributed by atoms with E-state index in [1.807, 2.05) is 0 Å². The maximum atomic E-state index is 9.22. The fraction of sp³-hybridized carbons (Fsp3) is 0.778. The molecule has 0 aromatic rings. The minimum absolute atomic E-state index is 0.227. The van der Waals surface area contributed by atoms with Crippen LogP contribution >= 0.6 is 0 Å². The number of aliphatic hydroxyl groups excluding tert-OH is 1. The Labute approximate surface area is 67.2 Å². The largest absolute Gasteiger partial charge is 0.396 e. The predicted octanol–water partition coefficient (Wildman–Crippen LogP) is 0.389. The van der Waals surface area contributed by atoms with E-state index in [1.54, 1.807) is 13.8 Å². The maximum absolute atomic E-state index is 9.22. The third-order valence-electron chi connectivity index (χ3n) is 1.72. The van der Waals surface area contributed by atoms with Gasteiger partial charge in [-0.3, -0.25) is 0 Å². The van der Waals surface area contributed by atoms with Crippen molar-refractivity contribution in [3.8, 4) is 11.8 Å².